The number of hydrogen-bond donors (Lipinski definition) is 0. The van der Waals surface area contributed by atoms with Crippen molar-refractivity contribution in [1.82, 2.24) is 0 Å². The molecule has 0 aliphatic rings. The van der Waals surface area contributed by atoms with Gasteiger partial charge in [0.2, 0.25) is 0 Å². The third-order valence-electron chi connectivity index (χ3n) is 0.860. The molecule has 9 heavy (non-hydrogen) atoms. The van der Waals surface area contributed by atoms with Crippen molar-refractivity contribution >= 4 is 0 Å². The second kappa shape index (κ2) is 5.79. The molecule has 2 nitrogen and oxygen atoms in total. The normalized spacial score (nSPS) is 10.1. The van der Waals surface area contributed by atoms with Crippen LogP contribution in [0.2, 0.25) is 0 Å². The van der Waals surface area contributed by atoms with Gasteiger partial charge in [0, 0.05) is 0 Å². The maximum atomic E-state index is 4.79. The fourth-order valence-corrected chi connectivity index (χ4v) is 0.372. The summed E-state index contributed by atoms with van der Waals surface area (Å²) in [5, 5.41) is 0. The van der Waals surface area contributed by atoms with Crippen LogP contribution in [0.25, 0.3) is 0 Å². The Labute approximate surface area is 56.4 Å². The summed E-state index contributed by atoms with van der Waals surface area (Å²) >= 11 is 0. The molecule has 0 spiro atoms. The molecule has 0 N–H and O–H groups in total. The van der Waals surface area contributed by atoms with E-state index < -0.39 is 0 Å². The summed E-state index contributed by atoms with van der Waals surface area (Å²) in [5.41, 5.74) is 0. The zero-order valence-corrected chi connectivity index (χ0v) is 6.02. The van der Waals surface area contributed by atoms with Crippen LogP contribution in [-0.2, 0) is 9.78 Å². The van der Waals surface area contributed by atoms with Gasteiger partial charge in [0.1, 0.15) is 0 Å². The first-order valence-electron chi connectivity index (χ1n) is 3.12. The van der Waals surface area contributed by atoms with Crippen molar-refractivity contribution in [1.29, 1.82) is 0 Å². The monoisotopic (exact) mass is 129 g/mol. The third kappa shape index (κ3) is 4.18. The highest BCUT2D eigenvalue weighted by molar-refractivity contribution is 4.95. The molecule has 0 unspecified atom stereocenters. The van der Waals surface area contributed by atoms with Crippen LogP contribution in [0.4, 0.5) is 0 Å². The van der Waals surface area contributed by atoms with Crippen molar-refractivity contribution in [3.8, 4) is 0 Å². The summed E-state index contributed by atoms with van der Waals surface area (Å²) in [5.74, 6) is 0. The largest absolute Gasteiger partial charge is 0.236 e. The van der Waals surface area contributed by atoms with Gasteiger partial charge in [-0.1, -0.05) is 19.6 Å². The van der Waals surface area contributed by atoms with Gasteiger partial charge in [-0.05, 0) is 13.3 Å². The van der Waals surface area contributed by atoms with Gasteiger partial charge in [-0.2, -0.15) is 0 Å². The standard InChI is InChI=1S/C7H13O2/c1-4-7(5-2)9-8-6-3/h4H,1,5-6H2,2-3H3. The van der Waals surface area contributed by atoms with E-state index in [1.165, 1.54) is 0 Å². The summed E-state index contributed by atoms with van der Waals surface area (Å²) in [6, 6.07) is 0. The van der Waals surface area contributed by atoms with Gasteiger partial charge in [0.25, 0.3) is 0 Å². The van der Waals surface area contributed by atoms with Crippen LogP contribution in [0.5, 0.6) is 0 Å². The molecule has 0 atom stereocenters. The van der Waals surface area contributed by atoms with Crippen LogP contribution < -0.4 is 0 Å². The Balaban J connectivity index is 3.20. The second-order valence-electron chi connectivity index (χ2n) is 1.51. The summed E-state index contributed by atoms with van der Waals surface area (Å²) < 4.78 is 0. The van der Waals surface area contributed by atoms with E-state index in [1.807, 2.05) is 13.8 Å². The Morgan fingerprint density at radius 1 is 1.56 bits per heavy atom. The van der Waals surface area contributed by atoms with Gasteiger partial charge in [0.15, 0.2) is 6.10 Å². The lowest BCUT2D eigenvalue weighted by Gasteiger charge is -2.06. The first kappa shape index (κ1) is 8.66. The maximum absolute atomic E-state index is 4.79. The van der Waals surface area contributed by atoms with Crippen LogP contribution in [0, 0.1) is 6.10 Å². The van der Waals surface area contributed by atoms with Crippen LogP contribution >= 0.6 is 0 Å². The second-order valence-corrected chi connectivity index (χ2v) is 1.51. The highest BCUT2D eigenvalue weighted by Crippen LogP contribution is 2.07. The van der Waals surface area contributed by atoms with Gasteiger partial charge >= 0.3 is 0 Å². The van der Waals surface area contributed by atoms with E-state index in [9.17, 15) is 0 Å². The smallest absolute Gasteiger partial charge is 0.157 e. The van der Waals surface area contributed by atoms with Gasteiger partial charge in [-0.25, -0.2) is 9.78 Å². The molecule has 0 aliphatic carbocycles. The van der Waals surface area contributed by atoms with Gasteiger partial charge in [0.05, 0.1) is 6.61 Å². The molecule has 0 aromatic heterocycles. The Kier molecular flexibility index (Phi) is 5.57. The van der Waals surface area contributed by atoms with Crippen LogP contribution in [-0.4, -0.2) is 6.61 Å². The van der Waals surface area contributed by atoms with E-state index in [2.05, 4.69) is 11.5 Å². The molecule has 2 heteroatoms. The number of hydrogen-bond acceptors (Lipinski definition) is 2. The van der Waals surface area contributed by atoms with E-state index in [0.717, 1.165) is 12.5 Å². The van der Waals surface area contributed by atoms with Crippen molar-refractivity contribution in [2.24, 2.45) is 0 Å². The van der Waals surface area contributed by atoms with Crippen LogP contribution in [0.1, 0.15) is 20.3 Å². The molecule has 0 saturated carbocycles. The van der Waals surface area contributed by atoms with Crippen molar-refractivity contribution < 1.29 is 9.78 Å². The molecule has 0 aromatic carbocycles. The SMILES string of the molecule is C=C[C](CC)OOCC. The van der Waals surface area contributed by atoms with E-state index >= 15 is 0 Å². The molecule has 1 radical (unpaired) electrons. The lowest BCUT2D eigenvalue weighted by Crippen LogP contribution is -1.99. The topological polar surface area (TPSA) is 18.5 Å². The molecular weight excluding hydrogens is 116 g/mol. The van der Waals surface area contributed by atoms with Crippen molar-refractivity contribution in [2.45, 2.75) is 20.3 Å². The molecule has 0 aliphatic heterocycles. The van der Waals surface area contributed by atoms with E-state index in [4.69, 9.17) is 4.89 Å². The van der Waals surface area contributed by atoms with Crippen molar-refractivity contribution in [3.63, 3.8) is 0 Å². The molecule has 0 aromatic rings. The Morgan fingerprint density at radius 2 is 2.22 bits per heavy atom. The fourth-order valence-electron chi connectivity index (χ4n) is 0.372. The summed E-state index contributed by atoms with van der Waals surface area (Å²) in [4.78, 5) is 9.46. The average Bonchev–Trinajstić information content (AvgIpc) is 1.91. The van der Waals surface area contributed by atoms with Gasteiger partial charge < -0.3 is 0 Å². The summed E-state index contributed by atoms with van der Waals surface area (Å²) in [6.45, 7) is 7.96. The molecule has 0 amide bonds. The molecule has 0 saturated heterocycles. The molecule has 0 fully saturated rings. The predicted molar refractivity (Wildman–Crippen MR) is 36.4 cm³/mol. The first-order chi connectivity index (χ1) is 4.35. The average molecular weight is 129 g/mol. The van der Waals surface area contributed by atoms with Crippen LogP contribution in [0.15, 0.2) is 12.7 Å². The van der Waals surface area contributed by atoms with E-state index in [-0.39, 0.29) is 0 Å². The van der Waals surface area contributed by atoms with E-state index in [0.29, 0.717) is 6.61 Å². The molecule has 0 bridgehead atoms. The van der Waals surface area contributed by atoms with Gasteiger partial charge in [-0.3, -0.25) is 0 Å². The quantitative estimate of drug-likeness (QED) is 0.418. The first-order valence-corrected chi connectivity index (χ1v) is 3.12. The minimum atomic E-state index is 0.567. The fraction of sp³-hybridized carbons (Fsp3) is 0.571. The summed E-state index contributed by atoms with van der Waals surface area (Å²) in [7, 11) is 0. The lowest BCUT2D eigenvalue weighted by atomic mass is 10.3. The molecular formula is C7H13O2. The molecule has 53 valence electrons. The molecule has 0 rings (SSSR count). The number of rotatable bonds is 5. The van der Waals surface area contributed by atoms with Crippen LogP contribution in [0.3, 0.4) is 0 Å². The summed E-state index contributed by atoms with van der Waals surface area (Å²) in [6.07, 6.45) is 3.25. The Bertz CT molecular complexity index is 71.3. The molecule has 0 heterocycles. The highest BCUT2D eigenvalue weighted by Gasteiger charge is 2.00. The minimum Gasteiger partial charge on any atom is -0.236 e. The zero-order valence-electron chi connectivity index (χ0n) is 6.02. The highest BCUT2D eigenvalue weighted by atomic mass is 17.2. The van der Waals surface area contributed by atoms with E-state index in [1.54, 1.807) is 6.08 Å². The lowest BCUT2D eigenvalue weighted by molar-refractivity contribution is -0.278. The predicted octanol–water partition coefficient (Wildman–Crippen LogP) is 2.08. The van der Waals surface area contributed by atoms with Crippen molar-refractivity contribution in [3.05, 3.63) is 18.8 Å². The third-order valence-corrected chi connectivity index (χ3v) is 0.860. The maximum Gasteiger partial charge on any atom is 0.157 e. The minimum absolute atomic E-state index is 0.567. The Morgan fingerprint density at radius 3 is 2.56 bits per heavy atom. The Hall–Kier alpha value is -0.340. The zero-order chi connectivity index (χ0) is 7.11. The van der Waals surface area contributed by atoms with Gasteiger partial charge in [-0.15, -0.1) is 0 Å². The van der Waals surface area contributed by atoms with Crippen molar-refractivity contribution in [2.75, 3.05) is 6.61 Å².